The van der Waals surface area contributed by atoms with Crippen LogP contribution in [0.2, 0.25) is 0 Å². The number of aryl methyl sites for hydroxylation is 2. The average molecular weight is 386 g/mol. The van der Waals surface area contributed by atoms with Gasteiger partial charge in [-0.05, 0) is 54.0 Å². The van der Waals surface area contributed by atoms with Crippen LogP contribution in [0.15, 0.2) is 73.4 Å². The van der Waals surface area contributed by atoms with Crippen LogP contribution in [0.1, 0.15) is 43.4 Å². The molecular formula is C27H31NO. The molecule has 0 N–H and O–H groups in total. The maximum Gasteiger partial charge on any atom is 0.0780 e. The predicted octanol–water partition coefficient (Wildman–Crippen LogP) is 7.02. The van der Waals surface area contributed by atoms with Crippen LogP contribution in [0, 0.1) is 0 Å². The van der Waals surface area contributed by atoms with Gasteiger partial charge in [-0.15, -0.1) is 6.58 Å². The lowest BCUT2D eigenvalue weighted by atomic mass is 9.96. The molecule has 0 aliphatic rings. The topological polar surface area (TPSA) is 22.1 Å². The molecule has 0 atom stereocenters. The molecule has 0 fully saturated rings. The third-order valence-electron chi connectivity index (χ3n) is 5.10. The fourth-order valence-electron chi connectivity index (χ4n) is 3.39. The van der Waals surface area contributed by atoms with Gasteiger partial charge in [0.15, 0.2) is 0 Å². The first kappa shape index (κ1) is 21.0. The van der Waals surface area contributed by atoms with Gasteiger partial charge in [0.25, 0.3) is 0 Å². The lowest BCUT2D eigenvalue weighted by Gasteiger charge is -2.13. The van der Waals surface area contributed by atoms with E-state index < -0.39 is 0 Å². The van der Waals surface area contributed by atoms with E-state index in [0.717, 1.165) is 54.7 Å². The van der Waals surface area contributed by atoms with Crippen molar-refractivity contribution in [1.29, 1.82) is 0 Å². The van der Waals surface area contributed by atoms with Crippen LogP contribution in [-0.2, 0) is 24.2 Å². The Morgan fingerprint density at radius 2 is 1.59 bits per heavy atom. The highest BCUT2D eigenvalue weighted by molar-refractivity contribution is 5.81. The molecule has 2 aromatic carbocycles. The van der Waals surface area contributed by atoms with Crippen LogP contribution in [0.3, 0.4) is 0 Å². The van der Waals surface area contributed by atoms with Crippen molar-refractivity contribution in [2.75, 3.05) is 6.61 Å². The summed E-state index contributed by atoms with van der Waals surface area (Å²) in [4.78, 5) is 4.84. The fourth-order valence-corrected chi connectivity index (χ4v) is 3.39. The molecule has 0 aliphatic carbocycles. The van der Waals surface area contributed by atoms with Crippen molar-refractivity contribution in [2.24, 2.45) is 0 Å². The molecule has 0 unspecified atom stereocenters. The van der Waals surface area contributed by atoms with Gasteiger partial charge in [-0.1, -0.05) is 68.5 Å². The normalized spacial score (nSPS) is 10.8. The van der Waals surface area contributed by atoms with E-state index in [4.69, 9.17) is 9.72 Å². The highest BCUT2D eigenvalue weighted by atomic mass is 16.5. The zero-order chi connectivity index (χ0) is 20.5. The Morgan fingerprint density at radius 1 is 0.897 bits per heavy atom. The monoisotopic (exact) mass is 385 g/mol. The molecule has 0 amide bonds. The Morgan fingerprint density at radius 3 is 2.24 bits per heavy atom. The number of nitrogens with zero attached hydrogens (tertiary/aromatic N) is 1. The maximum atomic E-state index is 5.75. The summed E-state index contributed by atoms with van der Waals surface area (Å²) in [5.74, 6) is 0. The van der Waals surface area contributed by atoms with E-state index in [1.165, 1.54) is 16.7 Å². The van der Waals surface area contributed by atoms with Crippen molar-refractivity contribution in [3.63, 3.8) is 0 Å². The summed E-state index contributed by atoms with van der Waals surface area (Å²) in [7, 11) is 0. The van der Waals surface area contributed by atoms with E-state index in [2.05, 4.69) is 75.0 Å². The second kappa shape index (κ2) is 10.7. The Bertz CT molecular complexity index is 910. The molecule has 0 spiro atoms. The number of hydrogen-bond donors (Lipinski definition) is 0. The molecule has 1 aromatic heterocycles. The van der Waals surface area contributed by atoms with Gasteiger partial charge in [0.1, 0.15) is 0 Å². The van der Waals surface area contributed by atoms with Crippen LogP contribution < -0.4 is 0 Å². The Balaban J connectivity index is 1.97. The fraction of sp³-hybridized carbons (Fsp3) is 0.296. The number of benzene rings is 2. The number of hydrogen-bond acceptors (Lipinski definition) is 2. The molecule has 2 nitrogen and oxygen atoms in total. The van der Waals surface area contributed by atoms with E-state index in [0.29, 0.717) is 6.61 Å². The molecule has 2 heteroatoms. The van der Waals surface area contributed by atoms with Crippen molar-refractivity contribution < 1.29 is 4.74 Å². The van der Waals surface area contributed by atoms with Gasteiger partial charge in [0.05, 0.1) is 12.3 Å². The van der Waals surface area contributed by atoms with Gasteiger partial charge in [-0.25, -0.2) is 0 Å². The van der Waals surface area contributed by atoms with E-state index in [-0.39, 0.29) is 0 Å². The van der Waals surface area contributed by atoms with Crippen molar-refractivity contribution in [3.05, 3.63) is 90.1 Å². The highest BCUT2D eigenvalue weighted by Crippen LogP contribution is 2.32. The number of rotatable bonds is 10. The number of aromatic nitrogens is 1. The average Bonchev–Trinajstić information content (AvgIpc) is 2.78. The molecule has 1 heterocycles. The molecule has 0 radical (unpaired) electrons. The van der Waals surface area contributed by atoms with Gasteiger partial charge >= 0.3 is 0 Å². The second-order valence-electron chi connectivity index (χ2n) is 7.37. The van der Waals surface area contributed by atoms with Crippen molar-refractivity contribution in [2.45, 2.75) is 46.1 Å². The SMILES string of the molecule is C=CCCc1ccc(-c2cc(COCCC)cnc2-c2ccc(CC)cc2)cc1. The molecule has 0 aliphatic heterocycles. The number of pyridine rings is 1. The molecule has 0 saturated carbocycles. The smallest absolute Gasteiger partial charge is 0.0780 e. The highest BCUT2D eigenvalue weighted by Gasteiger charge is 2.11. The maximum absolute atomic E-state index is 5.75. The summed E-state index contributed by atoms with van der Waals surface area (Å²) in [6.45, 7) is 9.49. The molecule has 29 heavy (non-hydrogen) atoms. The van der Waals surface area contributed by atoms with E-state index in [1.54, 1.807) is 0 Å². The Hall–Kier alpha value is -2.71. The minimum Gasteiger partial charge on any atom is -0.377 e. The molecule has 0 saturated heterocycles. The van der Waals surface area contributed by atoms with E-state index in [9.17, 15) is 0 Å². The first-order chi connectivity index (χ1) is 14.2. The van der Waals surface area contributed by atoms with E-state index >= 15 is 0 Å². The Labute approximate surface area is 175 Å². The molecule has 3 rings (SSSR count). The molecular weight excluding hydrogens is 354 g/mol. The van der Waals surface area contributed by atoms with Crippen molar-refractivity contribution in [3.8, 4) is 22.4 Å². The molecule has 150 valence electrons. The standard InChI is InChI=1S/C27H31NO/c1-4-7-8-22-11-13-24(14-12-22)26-18-23(20-29-17-5-2)19-28-27(26)25-15-9-21(6-3)10-16-25/h4,9-16,18-19H,1,5-8,17,20H2,2-3H3. The van der Waals surface area contributed by atoms with Crippen LogP contribution in [0.25, 0.3) is 22.4 Å². The molecule has 0 bridgehead atoms. The van der Waals surface area contributed by atoms with Crippen molar-refractivity contribution in [1.82, 2.24) is 4.98 Å². The summed E-state index contributed by atoms with van der Waals surface area (Å²) < 4.78 is 5.75. The van der Waals surface area contributed by atoms with Gasteiger partial charge in [0, 0.05) is 23.9 Å². The summed E-state index contributed by atoms with van der Waals surface area (Å²) in [6, 6.07) is 19.8. The first-order valence-electron chi connectivity index (χ1n) is 10.6. The van der Waals surface area contributed by atoms with Crippen molar-refractivity contribution >= 4 is 0 Å². The largest absolute Gasteiger partial charge is 0.377 e. The minimum absolute atomic E-state index is 0.598. The summed E-state index contributed by atoms with van der Waals surface area (Å²) in [5.41, 5.74) is 8.29. The van der Waals surface area contributed by atoms with Gasteiger partial charge < -0.3 is 4.74 Å². The van der Waals surface area contributed by atoms with Crippen LogP contribution in [0.4, 0.5) is 0 Å². The Kier molecular flexibility index (Phi) is 7.77. The minimum atomic E-state index is 0.598. The summed E-state index contributed by atoms with van der Waals surface area (Å²) >= 11 is 0. The zero-order valence-corrected chi connectivity index (χ0v) is 17.7. The quantitative estimate of drug-likeness (QED) is 0.276. The third kappa shape index (κ3) is 5.65. The summed E-state index contributed by atoms with van der Waals surface area (Å²) in [6.07, 6.45) is 8.00. The van der Waals surface area contributed by atoms with Gasteiger partial charge in [0.2, 0.25) is 0 Å². The van der Waals surface area contributed by atoms with Crippen LogP contribution in [0.5, 0.6) is 0 Å². The molecule has 3 aromatic rings. The zero-order valence-electron chi connectivity index (χ0n) is 17.7. The third-order valence-corrected chi connectivity index (χ3v) is 5.10. The first-order valence-corrected chi connectivity index (χ1v) is 10.6. The number of ether oxygens (including phenoxy) is 1. The lowest BCUT2D eigenvalue weighted by molar-refractivity contribution is 0.121. The summed E-state index contributed by atoms with van der Waals surface area (Å²) in [5, 5.41) is 0. The van der Waals surface area contributed by atoms with Crippen LogP contribution in [-0.4, -0.2) is 11.6 Å². The van der Waals surface area contributed by atoms with E-state index in [1.807, 2.05) is 12.3 Å². The van der Waals surface area contributed by atoms with Crippen LogP contribution >= 0.6 is 0 Å². The predicted molar refractivity (Wildman–Crippen MR) is 123 cm³/mol. The van der Waals surface area contributed by atoms with Gasteiger partial charge in [-0.3, -0.25) is 4.98 Å². The lowest BCUT2D eigenvalue weighted by Crippen LogP contribution is -1.98. The second-order valence-corrected chi connectivity index (χ2v) is 7.37. The van der Waals surface area contributed by atoms with Gasteiger partial charge in [-0.2, -0.15) is 0 Å². The number of allylic oxidation sites excluding steroid dienone is 1.